The largest absolute Gasteiger partial charge is 0.468 e. The van der Waals surface area contributed by atoms with Gasteiger partial charge in [0.2, 0.25) is 11.8 Å². The molecule has 0 fully saturated rings. The lowest BCUT2D eigenvalue weighted by Crippen LogP contribution is -2.44. The highest BCUT2D eigenvalue weighted by atomic mass is 79.9. The third-order valence-corrected chi connectivity index (χ3v) is 6.95. The first-order valence-electron chi connectivity index (χ1n) is 10.0. The van der Waals surface area contributed by atoms with Crippen LogP contribution in [0.5, 0.6) is 0 Å². The van der Waals surface area contributed by atoms with Crippen LogP contribution in [-0.4, -0.2) is 30.6 Å². The molecule has 0 aromatic heterocycles. The molecule has 2 atom stereocenters. The van der Waals surface area contributed by atoms with Gasteiger partial charge in [0.25, 0.3) is 0 Å². The fourth-order valence-electron chi connectivity index (χ4n) is 3.50. The molecule has 2 aromatic carbocycles. The van der Waals surface area contributed by atoms with Crippen LogP contribution in [-0.2, 0) is 25.3 Å². The molecule has 7 nitrogen and oxygen atoms in total. The van der Waals surface area contributed by atoms with Crippen molar-refractivity contribution in [2.24, 2.45) is 5.92 Å². The molecule has 0 saturated carbocycles. The fourth-order valence-corrected chi connectivity index (χ4v) is 4.93. The molecule has 0 unspecified atom stereocenters. The van der Waals surface area contributed by atoms with Gasteiger partial charge in [0.1, 0.15) is 5.92 Å². The van der Waals surface area contributed by atoms with Crippen LogP contribution < -0.4 is 10.6 Å². The number of thioether (sulfide) groups is 1. The average Bonchev–Trinajstić information content (AvgIpc) is 2.82. The van der Waals surface area contributed by atoms with Gasteiger partial charge in [-0.1, -0.05) is 51.4 Å². The second kappa shape index (κ2) is 11.4. The van der Waals surface area contributed by atoms with Crippen LogP contribution in [0.25, 0.3) is 0 Å². The number of rotatable bonds is 6. The van der Waals surface area contributed by atoms with Gasteiger partial charge in [-0.3, -0.25) is 14.4 Å². The molecule has 36 heavy (non-hydrogen) atoms. The van der Waals surface area contributed by atoms with E-state index in [0.717, 1.165) is 31.0 Å². The number of nitriles is 1. The van der Waals surface area contributed by atoms with Crippen LogP contribution in [0.4, 0.5) is 18.9 Å². The lowest BCUT2D eigenvalue weighted by molar-refractivity contribution is -0.150. The van der Waals surface area contributed by atoms with Crippen LogP contribution >= 0.6 is 39.3 Å². The van der Waals surface area contributed by atoms with Gasteiger partial charge in [-0.2, -0.15) is 18.4 Å². The summed E-state index contributed by atoms with van der Waals surface area (Å²) in [5.41, 5.74) is -0.714. The number of esters is 1. The van der Waals surface area contributed by atoms with Crippen molar-refractivity contribution in [3.8, 4) is 6.07 Å². The Bertz CT molecular complexity index is 1300. The van der Waals surface area contributed by atoms with E-state index in [1.807, 2.05) is 6.07 Å². The van der Waals surface area contributed by atoms with E-state index in [4.69, 9.17) is 16.3 Å². The highest BCUT2D eigenvalue weighted by Crippen LogP contribution is 2.41. The monoisotopic (exact) mass is 601 g/mol. The zero-order valence-corrected chi connectivity index (χ0v) is 21.4. The van der Waals surface area contributed by atoms with Crippen molar-refractivity contribution in [2.75, 3.05) is 18.2 Å². The second-order valence-corrected chi connectivity index (χ2v) is 9.72. The molecule has 1 aliphatic rings. The number of nitrogens with one attached hydrogen (secondary N) is 2. The number of carbonyl (C=O) groups excluding carboxylic acids is 3. The summed E-state index contributed by atoms with van der Waals surface area (Å²) in [6.07, 6.45) is -4.63. The number of halogens is 5. The number of allylic oxidation sites excluding steroid dienone is 1. The van der Waals surface area contributed by atoms with E-state index in [-0.39, 0.29) is 27.1 Å². The highest BCUT2D eigenvalue weighted by Gasteiger charge is 2.44. The van der Waals surface area contributed by atoms with Crippen molar-refractivity contribution in [3.05, 3.63) is 73.7 Å². The number of hydrogen-bond donors (Lipinski definition) is 2. The molecule has 0 aliphatic carbocycles. The molecular formula is C23H16BrClF3N3O4S. The first kappa shape index (κ1) is 27.6. The van der Waals surface area contributed by atoms with E-state index in [9.17, 15) is 32.8 Å². The summed E-state index contributed by atoms with van der Waals surface area (Å²) in [6.45, 7) is 0. The maximum atomic E-state index is 13.0. The predicted molar refractivity (Wildman–Crippen MR) is 131 cm³/mol. The summed E-state index contributed by atoms with van der Waals surface area (Å²) in [4.78, 5) is 37.8. The number of methoxy groups -OCH3 is 1. The number of benzene rings is 2. The SMILES string of the molecule is COC(=O)[C@@H]1C(=O)NC(SCC(=O)Nc2cc(C(F)(F)F)ccc2Cl)=C(C#N)[C@@H]1c1cccc(Br)c1. The molecule has 1 aliphatic heterocycles. The van der Waals surface area contributed by atoms with Crippen molar-refractivity contribution in [2.45, 2.75) is 12.1 Å². The van der Waals surface area contributed by atoms with Gasteiger partial charge in [0.05, 0.1) is 45.8 Å². The fraction of sp³-hybridized carbons (Fsp3) is 0.217. The number of hydrogen-bond acceptors (Lipinski definition) is 6. The molecule has 0 bridgehead atoms. The maximum Gasteiger partial charge on any atom is 0.416 e. The van der Waals surface area contributed by atoms with E-state index in [1.54, 1.807) is 24.3 Å². The molecule has 2 N–H and O–H groups in total. The summed E-state index contributed by atoms with van der Waals surface area (Å²) in [5, 5.41) is 14.6. The summed E-state index contributed by atoms with van der Waals surface area (Å²) < 4.78 is 44.4. The Kier molecular flexibility index (Phi) is 8.71. The van der Waals surface area contributed by atoms with E-state index >= 15 is 0 Å². The average molecular weight is 603 g/mol. The summed E-state index contributed by atoms with van der Waals surface area (Å²) in [5.74, 6) is -5.00. The van der Waals surface area contributed by atoms with E-state index in [2.05, 4.69) is 26.6 Å². The number of amides is 2. The van der Waals surface area contributed by atoms with Gasteiger partial charge in [-0.05, 0) is 35.9 Å². The van der Waals surface area contributed by atoms with E-state index in [1.165, 1.54) is 0 Å². The van der Waals surface area contributed by atoms with Crippen LogP contribution in [0.2, 0.25) is 5.02 Å². The molecule has 1 heterocycles. The van der Waals surface area contributed by atoms with Crippen LogP contribution in [0, 0.1) is 17.2 Å². The van der Waals surface area contributed by atoms with Gasteiger partial charge >= 0.3 is 12.1 Å². The minimum absolute atomic E-state index is 0.0259. The van der Waals surface area contributed by atoms with E-state index in [0.29, 0.717) is 16.1 Å². The molecule has 0 saturated heterocycles. The Labute approximate surface area is 221 Å². The third-order valence-electron chi connectivity index (χ3n) is 5.11. The second-order valence-electron chi connectivity index (χ2n) is 7.41. The lowest BCUT2D eigenvalue weighted by atomic mass is 9.78. The Morgan fingerprint density at radius 3 is 2.61 bits per heavy atom. The number of alkyl halides is 3. The standard InChI is InChI=1S/C23H16BrClF3N3O4S/c1-35-22(34)19-18(11-3-2-4-13(24)7-11)14(9-29)21(31-20(19)33)36-10-17(32)30-16-8-12(23(26,27)28)5-6-15(16)25/h2-8,18-19H,10H2,1H3,(H,30,32)(H,31,33)/t18-,19-/m0/s1. The Morgan fingerprint density at radius 1 is 1.28 bits per heavy atom. The predicted octanol–water partition coefficient (Wildman–Crippen LogP) is 5.23. The summed E-state index contributed by atoms with van der Waals surface area (Å²) in [7, 11) is 1.12. The third kappa shape index (κ3) is 6.21. The molecule has 2 amide bonds. The molecule has 0 spiro atoms. The minimum Gasteiger partial charge on any atom is -0.468 e. The van der Waals surface area contributed by atoms with Gasteiger partial charge < -0.3 is 15.4 Å². The van der Waals surface area contributed by atoms with Crippen molar-refractivity contribution >= 4 is 62.8 Å². The number of carbonyl (C=O) groups is 3. The summed E-state index contributed by atoms with van der Waals surface area (Å²) >= 11 is 10.0. The Morgan fingerprint density at radius 2 is 2.00 bits per heavy atom. The molecule has 13 heteroatoms. The van der Waals surface area contributed by atoms with Gasteiger partial charge in [-0.15, -0.1) is 0 Å². The zero-order chi connectivity index (χ0) is 26.6. The Hall–Kier alpha value is -3.01. The van der Waals surface area contributed by atoms with Crippen LogP contribution in [0.15, 0.2) is 57.5 Å². The first-order valence-corrected chi connectivity index (χ1v) is 12.2. The van der Waals surface area contributed by atoms with Gasteiger partial charge in [0.15, 0.2) is 0 Å². The molecular weight excluding hydrogens is 587 g/mol. The van der Waals surface area contributed by atoms with Crippen molar-refractivity contribution in [3.63, 3.8) is 0 Å². The van der Waals surface area contributed by atoms with E-state index < -0.39 is 41.4 Å². The topological polar surface area (TPSA) is 108 Å². The lowest BCUT2D eigenvalue weighted by Gasteiger charge is -2.31. The first-order chi connectivity index (χ1) is 17.0. The molecule has 2 aromatic rings. The number of ether oxygens (including phenoxy) is 1. The molecule has 3 rings (SSSR count). The normalized spacial score (nSPS) is 17.8. The minimum atomic E-state index is -4.63. The van der Waals surface area contributed by atoms with Crippen molar-refractivity contribution in [1.29, 1.82) is 5.26 Å². The van der Waals surface area contributed by atoms with Crippen molar-refractivity contribution < 1.29 is 32.3 Å². The quantitative estimate of drug-likeness (QED) is 0.346. The van der Waals surface area contributed by atoms with Crippen LogP contribution in [0.1, 0.15) is 17.0 Å². The Balaban J connectivity index is 1.88. The smallest absolute Gasteiger partial charge is 0.416 e. The zero-order valence-electron chi connectivity index (χ0n) is 18.3. The van der Waals surface area contributed by atoms with Gasteiger partial charge in [0, 0.05) is 10.4 Å². The molecule has 188 valence electrons. The van der Waals surface area contributed by atoms with Crippen LogP contribution in [0.3, 0.4) is 0 Å². The molecule has 0 radical (unpaired) electrons. The maximum absolute atomic E-state index is 13.0. The summed E-state index contributed by atoms with van der Waals surface area (Å²) in [6, 6.07) is 11.2. The number of anilines is 1. The van der Waals surface area contributed by atoms with Crippen molar-refractivity contribution in [1.82, 2.24) is 5.32 Å². The number of nitrogens with zero attached hydrogens (tertiary/aromatic N) is 1. The van der Waals surface area contributed by atoms with Gasteiger partial charge in [-0.25, -0.2) is 0 Å². The highest BCUT2D eigenvalue weighted by molar-refractivity contribution is 9.10.